The maximum Gasteiger partial charge on any atom is 0.355 e. The molecule has 1 heterocycles. The van der Waals surface area contributed by atoms with Crippen molar-refractivity contribution < 1.29 is 30.0 Å². The second-order valence-electron chi connectivity index (χ2n) is 7.51. The van der Waals surface area contributed by atoms with E-state index in [9.17, 15) is 25.2 Å². The van der Waals surface area contributed by atoms with Gasteiger partial charge >= 0.3 is 5.97 Å². The molecule has 1 saturated carbocycles. The van der Waals surface area contributed by atoms with E-state index in [2.05, 4.69) is 4.98 Å². The Kier molecular flexibility index (Phi) is 7.27. The zero-order valence-corrected chi connectivity index (χ0v) is 17.1. The largest absolute Gasteiger partial charge is 0.461 e. The average molecular weight is 418 g/mol. The highest BCUT2D eigenvalue weighted by Crippen LogP contribution is 2.47. The molecule has 0 amide bonds. The first-order chi connectivity index (χ1) is 14.5. The summed E-state index contributed by atoms with van der Waals surface area (Å²) in [4.78, 5) is 15.8. The maximum absolute atomic E-state index is 12.7. The second kappa shape index (κ2) is 9.72. The minimum Gasteiger partial charge on any atom is -0.461 e. The Labute approximate surface area is 175 Å². The third kappa shape index (κ3) is 4.14. The molecule has 0 saturated heterocycles. The van der Waals surface area contributed by atoms with E-state index in [1.54, 1.807) is 19.1 Å². The first-order valence-corrected chi connectivity index (χ1v) is 10.3. The van der Waals surface area contributed by atoms with Crippen LogP contribution in [0.2, 0.25) is 0 Å². The smallest absolute Gasteiger partial charge is 0.355 e. The lowest BCUT2D eigenvalue weighted by atomic mass is 9.87. The van der Waals surface area contributed by atoms with Gasteiger partial charge in [-0.3, -0.25) is 0 Å². The van der Waals surface area contributed by atoms with Gasteiger partial charge in [-0.25, -0.2) is 4.79 Å². The number of nitrogens with two attached hydrogens (primary N) is 1. The van der Waals surface area contributed by atoms with Crippen molar-refractivity contribution in [3.63, 3.8) is 0 Å². The van der Waals surface area contributed by atoms with Gasteiger partial charge in [-0.05, 0) is 54.5 Å². The third-order valence-electron chi connectivity index (χ3n) is 5.64. The van der Waals surface area contributed by atoms with E-state index in [4.69, 9.17) is 10.5 Å². The Morgan fingerprint density at radius 1 is 1.20 bits per heavy atom. The fraction of sp³-hybridized carbons (Fsp3) is 0.500. The molecule has 1 aliphatic carbocycles. The zero-order chi connectivity index (χ0) is 21.8. The Bertz CT molecular complexity index is 904. The number of carbonyl (C=O) groups is 1. The van der Waals surface area contributed by atoms with Crippen LogP contribution in [-0.4, -0.2) is 44.5 Å². The summed E-state index contributed by atoms with van der Waals surface area (Å²) in [6.07, 6.45) is 1.26. The lowest BCUT2D eigenvalue weighted by Gasteiger charge is -2.19. The van der Waals surface area contributed by atoms with Crippen molar-refractivity contribution in [2.75, 3.05) is 13.2 Å². The number of ether oxygens (including phenoxy) is 1. The van der Waals surface area contributed by atoms with Crippen LogP contribution in [0.25, 0.3) is 11.1 Å². The average Bonchev–Trinajstić information content (AvgIpc) is 3.53. The number of rotatable bonds is 10. The number of benzene rings is 1. The van der Waals surface area contributed by atoms with E-state index in [1.807, 2.05) is 0 Å². The van der Waals surface area contributed by atoms with Gasteiger partial charge in [0, 0.05) is 23.2 Å². The molecule has 1 aliphatic rings. The van der Waals surface area contributed by atoms with Gasteiger partial charge in [-0.1, -0.05) is 12.1 Å². The fourth-order valence-corrected chi connectivity index (χ4v) is 4.02. The van der Waals surface area contributed by atoms with Gasteiger partial charge in [-0.15, -0.1) is 0 Å². The molecule has 30 heavy (non-hydrogen) atoms. The number of hydrogen-bond acceptors (Lipinski definition) is 7. The third-order valence-corrected chi connectivity index (χ3v) is 5.64. The summed E-state index contributed by atoms with van der Waals surface area (Å²) in [7, 11) is 0. The monoisotopic (exact) mass is 418 g/mol. The Morgan fingerprint density at radius 3 is 2.43 bits per heavy atom. The van der Waals surface area contributed by atoms with Gasteiger partial charge < -0.3 is 35.9 Å². The summed E-state index contributed by atoms with van der Waals surface area (Å²) in [5.41, 5.74) is 9.67. The standard InChI is InChI=1S/C22H30N2O6/c1-2-30-22(29)20-19(21(28)12-3-4-12)18(17(24-20)7-8-23)14-6-5-13(9-25)15(10-26)16(14)11-27/h5-6,12,21,24-28H,2-4,7-11,23H2,1H3. The number of aromatic nitrogens is 1. The van der Waals surface area contributed by atoms with Crippen LogP contribution < -0.4 is 5.73 Å². The van der Waals surface area contributed by atoms with Crippen molar-refractivity contribution in [1.29, 1.82) is 0 Å². The van der Waals surface area contributed by atoms with Crippen LogP contribution in [0.5, 0.6) is 0 Å². The SMILES string of the molecule is CCOC(=O)c1[nH]c(CCN)c(-c2ccc(CO)c(CO)c2CO)c1C(O)C1CC1. The summed E-state index contributed by atoms with van der Waals surface area (Å²) in [6, 6.07) is 3.41. The maximum atomic E-state index is 12.7. The van der Waals surface area contributed by atoms with Crippen LogP contribution in [0, 0.1) is 5.92 Å². The van der Waals surface area contributed by atoms with Crippen molar-refractivity contribution >= 4 is 5.97 Å². The van der Waals surface area contributed by atoms with E-state index in [0.29, 0.717) is 52.0 Å². The van der Waals surface area contributed by atoms with Crippen LogP contribution >= 0.6 is 0 Å². The molecule has 0 radical (unpaired) electrons. The molecular weight excluding hydrogens is 388 g/mol. The molecule has 1 unspecified atom stereocenters. The molecule has 1 fully saturated rings. The number of aromatic amines is 1. The Hall–Kier alpha value is -2.23. The van der Waals surface area contributed by atoms with E-state index >= 15 is 0 Å². The molecule has 164 valence electrons. The number of aliphatic hydroxyl groups is 4. The van der Waals surface area contributed by atoms with Crippen molar-refractivity contribution in [1.82, 2.24) is 4.98 Å². The molecular formula is C22H30N2O6. The molecule has 0 spiro atoms. The first-order valence-electron chi connectivity index (χ1n) is 10.3. The molecule has 3 rings (SSSR count). The molecule has 1 aromatic carbocycles. The predicted molar refractivity (Wildman–Crippen MR) is 110 cm³/mol. The highest BCUT2D eigenvalue weighted by atomic mass is 16.5. The van der Waals surface area contributed by atoms with Crippen LogP contribution in [0.4, 0.5) is 0 Å². The van der Waals surface area contributed by atoms with Gasteiger partial charge in [-0.2, -0.15) is 0 Å². The van der Waals surface area contributed by atoms with Crippen molar-refractivity contribution in [3.8, 4) is 11.1 Å². The van der Waals surface area contributed by atoms with E-state index in [-0.39, 0.29) is 38.0 Å². The molecule has 8 heteroatoms. The van der Waals surface area contributed by atoms with E-state index < -0.39 is 12.1 Å². The van der Waals surface area contributed by atoms with Crippen LogP contribution in [0.1, 0.15) is 64.3 Å². The summed E-state index contributed by atoms with van der Waals surface area (Å²) in [5, 5.41) is 40.6. The van der Waals surface area contributed by atoms with Crippen molar-refractivity contribution in [3.05, 3.63) is 45.8 Å². The lowest BCUT2D eigenvalue weighted by molar-refractivity contribution is 0.0511. The number of carbonyl (C=O) groups excluding carboxylic acids is 1. The molecule has 1 atom stereocenters. The van der Waals surface area contributed by atoms with Crippen molar-refractivity contribution in [2.45, 2.75) is 52.1 Å². The van der Waals surface area contributed by atoms with Gasteiger partial charge in [0.2, 0.25) is 0 Å². The number of aliphatic hydroxyl groups excluding tert-OH is 4. The summed E-state index contributed by atoms with van der Waals surface area (Å²) < 4.78 is 5.20. The Morgan fingerprint density at radius 2 is 1.90 bits per heavy atom. The predicted octanol–water partition coefficient (Wildman–Crippen LogP) is 1.28. The van der Waals surface area contributed by atoms with Gasteiger partial charge in [0.25, 0.3) is 0 Å². The molecule has 2 aromatic rings. The topological polar surface area (TPSA) is 149 Å². The number of hydrogen-bond donors (Lipinski definition) is 6. The molecule has 8 nitrogen and oxygen atoms in total. The molecule has 0 bridgehead atoms. The zero-order valence-electron chi connectivity index (χ0n) is 17.1. The normalized spacial score (nSPS) is 14.7. The van der Waals surface area contributed by atoms with Gasteiger partial charge in [0.05, 0.1) is 32.5 Å². The highest BCUT2D eigenvalue weighted by molar-refractivity contribution is 5.94. The summed E-state index contributed by atoms with van der Waals surface area (Å²) in [5.74, 6) is -0.512. The molecule has 1 aromatic heterocycles. The fourth-order valence-electron chi connectivity index (χ4n) is 4.02. The second-order valence-corrected chi connectivity index (χ2v) is 7.51. The van der Waals surface area contributed by atoms with E-state index in [1.165, 1.54) is 0 Å². The van der Waals surface area contributed by atoms with Crippen molar-refractivity contribution in [2.24, 2.45) is 11.7 Å². The molecule has 0 aliphatic heterocycles. The number of esters is 1. The lowest BCUT2D eigenvalue weighted by Crippen LogP contribution is -2.12. The van der Waals surface area contributed by atoms with Crippen LogP contribution in [-0.2, 0) is 31.0 Å². The van der Waals surface area contributed by atoms with Crippen LogP contribution in [0.3, 0.4) is 0 Å². The minimum absolute atomic E-state index is 0.0463. The molecule has 7 N–H and O–H groups in total. The highest BCUT2D eigenvalue weighted by Gasteiger charge is 2.38. The van der Waals surface area contributed by atoms with Crippen LogP contribution in [0.15, 0.2) is 12.1 Å². The minimum atomic E-state index is -0.871. The first kappa shape index (κ1) is 22.5. The van der Waals surface area contributed by atoms with Gasteiger partial charge in [0.1, 0.15) is 5.69 Å². The number of H-pyrrole nitrogens is 1. The summed E-state index contributed by atoms with van der Waals surface area (Å²) >= 11 is 0. The van der Waals surface area contributed by atoms with Gasteiger partial charge in [0.15, 0.2) is 0 Å². The van der Waals surface area contributed by atoms with E-state index in [0.717, 1.165) is 12.8 Å². The number of nitrogens with one attached hydrogen (secondary N) is 1. The Balaban J connectivity index is 2.31. The summed E-state index contributed by atoms with van der Waals surface area (Å²) in [6.45, 7) is 1.20. The quantitative estimate of drug-likeness (QED) is 0.318.